The van der Waals surface area contributed by atoms with Crippen LogP contribution in [0.15, 0.2) is 18.2 Å². The van der Waals surface area contributed by atoms with Crippen LogP contribution >= 0.6 is 0 Å². The molecule has 0 saturated carbocycles. The van der Waals surface area contributed by atoms with E-state index in [2.05, 4.69) is 4.90 Å². The molecule has 0 spiro atoms. The second-order valence-corrected chi connectivity index (χ2v) is 3.53. The molecule has 0 atom stereocenters. The molecule has 1 N–H and O–H groups in total. The number of halogens is 1. The summed E-state index contributed by atoms with van der Waals surface area (Å²) in [5, 5.41) is 9.15. The topological polar surface area (TPSA) is 32.7 Å². The van der Waals surface area contributed by atoms with Crippen molar-refractivity contribution in [3.8, 4) is 0 Å². The highest BCUT2D eigenvalue weighted by Gasteiger charge is 2.14. The molecular formula is C11H14FNO2. The Bertz CT molecular complexity index is 337. The maximum atomic E-state index is 12.9. The van der Waals surface area contributed by atoms with Crippen molar-refractivity contribution in [2.24, 2.45) is 0 Å². The van der Waals surface area contributed by atoms with Crippen molar-refractivity contribution < 1.29 is 14.2 Å². The summed E-state index contributed by atoms with van der Waals surface area (Å²) >= 11 is 0. The Balaban J connectivity index is 2.25. The van der Waals surface area contributed by atoms with Crippen LogP contribution in [0.1, 0.15) is 5.56 Å². The summed E-state index contributed by atoms with van der Waals surface area (Å²) < 4.78 is 18.2. The fourth-order valence-corrected chi connectivity index (χ4v) is 1.79. The normalized spacial score (nSPS) is 16.8. The molecule has 3 nitrogen and oxygen atoms in total. The molecule has 1 aliphatic heterocycles. The molecule has 0 aromatic heterocycles. The van der Waals surface area contributed by atoms with Gasteiger partial charge in [0.1, 0.15) is 5.82 Å². The van der Waals surface area contributed by atoms with Crippen molar-refractivity contribution in [3.63, 3.8) is 0 Å². The predicted octanol–water partition coefficient (Wildman–Crippen LogP) is 1.15. The first kappa shape index (κ1) is 10.4. The molecule has 1 aromatic rings. The highest BCUT2D eigenvalue weighted by Crippen LogP contribution is 2.22. The van der Waals surface area contributed by atoms with E-state index in [1.165, 1.54) is 12.1 Å². The second kappa shape index (κ2) is 4.59. The number of nitrogens with zero attached hydrogens (tertiary/aromatic N) is 1. The van der Waals surface area contributed by atoms with E-state index in [4.69, 9.17) is 9.84 Å². The van der Waals surface area contributed by atoms with E-state index in [1.54, 1.807) is 6.07 Å². The van der Waals surface area contributed by atoms with Crippen LogP contribution in [-0.4, -0.2) is 31.4 Å². The van der Waals surface area contributed by atoms with Crippen LogP contribution in [0.3, 0.4) is 0 Å². The molecule has 1 heterocycles. The second-order valence-electron chi connectivity index (χ2n) is 3.53. The van der Waals surface area contributed by atoms with Gasteiger partial charge in [0.15, 0.2) is 0 Å². The van der Waals surface area contributed by atoms with Crippen LogP contribution in [0.25, 0.3) is 0 Å². The molecule has 0 unspecified atom stereocenters. The Kier molecular flexibility index (Phi) is 3.18. The highest BCUT2D eigenvalue weighted by atomic mass is 19.1. The number of hydrogen-bond acceptors (Lipinski definition) is 3. The van der Waals surface area contributed by atoms with Gasteiger partial charge in [0, 0.05) is 24.3 Å². The molecule has 0 radical (unpaired) electrons. The summed E-state index contributed by atoms with van der Waals surface area (Å²) in [4.78, 5) is 2.11. The van der Waals surface area contributed by atoms with Gasteiger partial charge in [-0.3, -0.25) is 0 Å². The fourth-order valence-electron chi connectivity index (χ4n) is 1.79. The number of aliphatic hydroxyl groups is 1. The molecule has 15 heavy (non-hydrogen) atoms. The molecule has 0 aliphatic carbocycles. The fraction of sp³-hybridized carbons (Fsp3) is 0.455. The number of hydrogen-bond donors (Lipinski definition) is 1. The Morgan fingerprint density at radius 2 is 2.07 bits per heavy atom. The number of morpholine rings is 1. The zero-order chi connectivity index (χ0) is 10.7. The van der Waals surface area contributed by atoms with Gasteiger partial charge in [0.05, 0.1) is 19.8 Å². The molecule has 1 aromatic carbocycles. The first-order chi connectivity index (χ1) is 7.31. The average Bonchev–Trinajstić information content (AvgIpc) is 2.30. The van der Waals surface area contributed by atoms with Crippen LogP contribution in [0.5, 0.6) is 0 Å². The number of aliphatic hydroxyl groups excluding tert-OH is 1. The van der Waals surface area contributed by atoms with Crippen LogP contribution < -0.4 is 4.90 Å². The molecule has 1 aliphatic rings. The van der Waals surface area contributed by atoms with E-state index in [0.29, 0.717) is 18.8 Å². The maximum Gasteiger partial charge on any atom is 0.123 e. The van der Waals surface area contributed by atoms with Crippen LogP contribution in [-0.2, 0) is 11.3 Å². The minimum atomic E-state index is -0.309. The molecule has 1 saturated heterocycles. The van der Waals surface area contributed by atoms with Crippen LogP contribution in [0.2, 0.25) is 0 Å². The van der Waals surface area contributed by atoms with Crippen molar-refractivity contribution in [1.29, 1.82) is 0 Å². The summed E-state index contributed by atoms with van der Waals surface area (Å²) in [5.41, 5.74) is 1.54. The van der Waals surface area contributed by atoms with E-state index in [9.17, 15) is 4.39 Å². The Morgan fingerprint density at radius 1 is 1.33 bits per heavy atom. The largest absolute Gasteiger partial charge is 0.392 e. The van der Waals surface area contributed by atoms with Gasteiger partial charge in [-0.2, -0.15) is 0 Å². The van der Waals surface area contributed by atoms with E-state index in [0.717, 1.165) is 18.8 Å². The molecule has 2 rings (SSSR count). The summed E-state index contributed by atoms with van der Waals surface area (Å²) in [7, 11) is 0. The third-order valence-electron chi connectivity index (χ3n) is 2.56. The Labute approximate surface area is 88.1 Å². The number of ether oxygens (including phenoxy) is 1. The van der Waals surface area contributed by atoms with Gasteiger partial charge >= 0.3 is 0 Å². The molecule has 1 fully saturated rings. The average molecular weight is 211 g/mol. The van der Waals surface area contributed by atoms with Crippen molar-refractivity contribution in [1.82, 2.24) is 0 Å². The van der Waals surface area contributed by atoms with Gasteiger partial charge in [0.25, 0.3) is 0 Å². The van der Waals surface area contributed by atoms with Gasteiger partial charge in [-0.1, -0.05) is 0 Å². The van der Waals surface area contributed by atoms with Crippen molar-refractivity contribution in [3.05, 3.63) is 29.6 Å². The number of rotatable bonds is 2. The van der Waals surface area contributed by atoms with Gasteiger partial charge in [-0.05, 0) is 18.2 Å². The van der Waals surface area contributed by atoms with Gasteiger partial charge in [-0.15, -0.1) is 0 Å². The molecule has 0 amide bonds. The summed E-state index contributed by atoms with van der Waals surface area (Å²) in [5.74, 6) is -0.309. The van der Waals surface area contributed by atoms with Crippen molar-refractivity contribution >= 4 is 5.69 Å². The standard InChI is InChI=1S/C11H14FNO2/c12-10-1-2-11(9(7-10)8-14)13-3-5-15-6-4-13/h1-2,7,14H,3-6,8H2. The molecule has 4 heteroatoms. The summed E-state index contributed by atoms with van der Waals surface area (Å²) in [6.07, 6.45) is 0. The molecule has 0 bridgehead atoms. The zero-order valence-electron chi connectivity index (χ0n) is 8.45. The lowest BCUT2D eigenvalue weighted by Gasteiger charge is -2.30. The lowest BCUT2D eigenvalue weighted by atomic mass is 10.1. The van der Waals surface area contributed by atoms with Gasteiger partial charge < -0.3 is 14.7 Å². The highest BCUT2D eigenvalue weighted by molar-refractivity contribution is 5.53. The zero-order valence-corrected chi connectivity index (χ0v) is 8.45. The van der Waals surface area contributed by atoms with E-state index in [1.807, 2.05) is 0 Å². The first-order valence-corrected chi connectivity index (χ1v) is 5.03. The van der Waals surface area contributed by atoms with E-state index < -0.39 is 0 Å². The minimum Gasteiger partial charge on any atom is -0.392 e. The van der Waals surface area contributed by atoms with Crippen LogP contribution in [0.4, 0.5) is 10.1 Å². The first-order valence-electron chi connectivity index (χ1n) is 5.03. The van der Waals surface area contributed by atoms with E-state index >= 15 is 0 Å². The van der Waals surface area contributed by atoms with Crippen LogP contribution in [0, 0.1) is 5.82 Å². The minimum absolute atomic E-state index is 0.134. The van der Waals surface area contributed by atoms with E-state index in [-0.39, 0.29) is 12.4 Å². The number of anilines is 1. The quantitative estimate of drug-likeness (QED) is 0.796. The Hall–Kier alpha value is -1.13. The van der Waals surface area contributed by atoms with Gasteiger partial charge in [-0.25, -0.2) is 4.39 Å². The van der Waals surface area contributed by atoms with Crippen molar-refractivity contribution in [2.75, 3.05) is 31.2 Å². The maximum absolute atomic E-state index is 12.9. The third-order valence-corrected chi connectivity index (χ3v) is 2.56. The summed E-state index contributed by atoms with van der Waals surface area (Å²) in [6, 6.07) is 4.51. The van der Waals surface area contributed by atoms with Crippen molar-refractivity contribution in [2.45, 2.75) is 6.61 Å². The lowest BCUT2D eigenvalue weighted by Crippen LogP contribution is -2.36. The Morgan fingerprint density at radius 3 is 2.73 bits per heavy atom. The predicted molar refractivity (Wildman–Crippen MR) is 55.4 cm³/mol. The number of benzene rings is 1. The molecular weight excluding hydrogens is 197 g/mol. The SMILES string of the molecule is OCc1cc(F)ccc1N1CCOCC1. The smallest absolute Gasteiger partial charge is 0.123 e. The third kappa shape index (κ3) is 2.27. The summed E-state index contributed by atoms with van der Waals surface area (Å²) in [6.45, 7) is 2.81. The molecule has 82 valence electrons. The monoisotopic (exact) mass is 211 g/mol. The van der Waals surface area contributed by atoms with Gasteiger partial charge in [0.2, 0.25) is 0 Å². The lowest BCUT2D eigenvalue weighted by molar-refractivity contribution is 0.122.